The van der Waals surface area contributed by atoms with Crippen molar-refractivity contribution in [1.29, 1.82) is 0 Å². The van der Waals surface area contributed by atoms with Crippen molar-refractivity contribution in [2.24, 2.45) is 5.92 Å². The minimum Gasteiger partial charge on any atom is -0.496 e. The fourth-order valence-corrected chi connectivity index (χ4v) is 6.90. The van der Waals surface area contributed by atoms with E-state index in [4.69, 9.17) is 9.47 Å². The third-order valence-electron chi connectivity index (χ3n) is 4.96. The van der Waals surface area contributed by atoms with Gasteiger partial charge in [-0.15, -0.1) is 0 Å². The van der Waals surface area contributed by atoms with Crippen molar-refractivity contribution in [2.45, 2.75) is 25.9 Å². The van der Waals surface area contributed by atoms with Crippen LogP contribution in [-0.4, -0.2) is 20.3 Å². The predicted octanol–water partition coefficient (Wildman–Crippen LogP) is 4.34. The first-order chi connectivity index (χ1) is 12.1. The molecule has 0 bridgehead atoms. The average Bonchev–Trinajstić information content (AvgIpc) is 2.68. The third kappa shape index (κ3) is 3.31. The van der Waals surface area contributed by atoms with Crippen LogP contribution in [0.2, 0.25) is 0 Å². The molecule has 0 saturated heterocycles. The maximum absolute atomic E-state index is 14.6. The number of benzene rings is 2. The van der Waals surface area contributed by atoms with Crippen molar-refractivity contribution in [1.82, 2.24) is 0 Å². The van der Waals surface area contributed by atoms with Gasteiger partial charge >= 0.3 is 0 Å². The number of hydrogen-bond donors (Lipinski definition) is 0. The van der Waals surface area contributed by atoms with Crippen molar-refractivity contribution >= 4 is 17.8 Å². The topological polar surface area (TPSA) is 35.5 Å². The Kier molecular flexibility index (Phi) is 5.46. The SMILES string of the molecule is COc1ccccc1[P@@](=O)(C1=CC(OC)CCC1C)c1ccccc1. The molecule has 0 saturated carbocycles. The van der Waals surface area contributed by atoms with E-state index < -0.39 is 7.14 Å². The standard InChI is InChI=1S/C21H25O3P/c1-16-13-14-17(23-2)15-21(16)25(22,18-9-5-4-6-10-18)20-12-8-7-11-19(20)24-3/h4-12,15-17H,13-14H2,1-3H3/t16?,17?,25-/m1/s1. The molecule has 1 aliphatic carbocycles. The van der Waals surface area contributed by atoms with Crippen LogP contribution in [0, 0.1) is 5.92 Å². The van der Waals surface area contributed by atoms with Crippen LogP contribution in [0.5, 0.6) is 5.75 Å². The van der Waals surface area contributed by atoms with Crippen LogP contribution in [0.4, 0.5) is 0 Å². The molecular weight excluding hydrogens is 331 g/mol. The minimum absolute atomic E-state index is 0.0120. The van der Waals surface area contributed by atoms with Gasteiger partial charge in [-0.05, 0) is 42.3 Å². The Labute approximate surface area is 150 Å². The summed E-state index contributed by atoms with van der Waals surface area (Å²) in [6.07, 6.45) is 4.02. The van der Waals surface area contributed by atoms with Crippen LogP contribution < -0.4 is 15.3 Å². The van der Waals surface area contributed by atoms with Crippen molar-refractivity contribution < 1.29 is 14.0 Å². The van der Waals surface area contributed by atoms with E-state index >= 15 is 0 Å². The Morgan fingerprint density at radius 3 is 2.32 bits per heavy atom. The first kappa shape index (κ1) is 18.0. The second kappa shape index (κ2) is 7.59. The molecule has 0 N–H and O–H groups in total. The lowest BCUT2D eigenvalue weighted by Gasteiger charge is -2.32. The summed E-state index contributed by atoms with van der Waals surface area (Å²) in [5.41, 5.74) is 0. The number of ether oxygens (including phenoxy) is 2. The minimum atomic E-state index is -3.00. The van der Waals surface area contributed by atoms with Crippen molar-refractivity contribution in [2.75, 3.05) is 14.2 Å². The van der Waals surface area contributed by atoms with Crippen LogP contribution >= 0.6 is 7.14 Å². The summed E-state index contributed by atoms with van der Waals surface area (Å²) in [5.74, 6) is 0.907. The molecular formula is C21H25O3P. The van der Waals surface area contributed by atoms with Crippen molar-refractivity contribution in [3.8, 4) is 5.75 Å². The first-order valence-electron chi connectivity index (χ1n) is 8.65. The van der Waals surface area contributed by atoms with Gasteiger partial charge in [-0.2, -0.15) is 0 Å². The Balaban J connectivity index is 2.27. The lowest BCUT2D eigenvalue weighted by Crippen LogP contribution is -2.26. The average molecular weight is 356 g/mol. The number of rotatable bonds is 5. The van der Waals surface area contributed by atoms with Gasteiger partial charge in [0, 0.05) is 12.4 Å². The quantitative estimate of drug-likeness (QED) is 0.748. The van der Waals surface area contributed by atoms with E-state index in [0.29, 0.717) is 5.75 Å². The fraction of sp³-hybridized carbons (Fsp3) is 0.333. The summed E-state index contributed by atoms with van der Waals surface area (Å²) in [6, 6.07) is 17.4. The summed E-state index contributed by atoms with van der Waals surface area (Å²) < 4.78 is 25.7. The van der Waals surface area contributed by atoms with E-state index in [1.807, 2.05) is 54.6 Å². The zero-order chi connectivity index (χ0) is 17.9. The molecule has 2 aromatic rings. The van der Waals surface area contributed by atoms with Crippen molar-refractivity contribution in [3.63, 3.8) is 0 Å². The van der Waals surface area contributed by atoms with E-state index in [0.717, 1.165) is 28.8 Å². The van der Waals surface area contributed by atoms with Crippen molar-refractivity contribution in [3.05, 3.63) is 66.0 Å². The summed E-state index contributed by atoms with van der Waals surface area (Å²) in [4.78, 5) is 0. The van der Waals surface area contributed by atoms with Crippen LogP contribution in [0.25, 0.3) is 0 Å². The summed E-state index contributed by atoms with van der Waals surface area (Å²) in [6.45, 7) is 2.16. The highest BCUT2D eigenvalue weighted by Gasteiger charge is 2.38. The highest BCUT2D eigenvalue weighted by molar-refractivity contribution is 7.82. The largest absolute Gasteiger partial charge is 0.496 e. The summed E-state index contributed by atoms with van der Waals surface area (Å²) in [5, 5.41) is 2.58. The zero-order valence-corrected chi connectivity index (χ0v) is 15.9. The van der Waals surface area contributed by atoms with Gasteiger partial charge in [0.25, 0.3) is 0 Å². The maximum atomic E-state index is 14.6. The van der Waals surface area contributed by atoms with Gasteiger partial charge in [-0.25, -0.2) is 0 Å². The monoisotopic (exact) mass is 356 g/mol. The molecule has 0 heterocycles. The van der Waals surface area contributed by atoms with Crippen LogP contribution in [-0.2, 0) is 9.30 Å². The van der Waals surface area contributed by atoms with Gasteiger partial charge in [-0.1, -0.05) is 49.4 Å². The second-order valence-electron chi connectivity index (χ2n) is 6.46. The van der Waals surface area contributed by atoms with Gasteiger partial charge in [0.1, 0.15) is 5.75 Å². The second-order valence-corrected chi connectivity index (χ2v) is 9.19. The number of hydrogen-bond acceptors (Lipinski definition) is 3. The van der Waals surface area contributed by atoms with E-state index in [9.17, 15) is 4.57 Å². The highest BCUT2D eigenvalue weighted by Crippen LogP contribution is 2.58. The molecule has 0 spiro atoms. The number of allylic oxidation sites excluding steroid dienone is 1. The molecule has 2 aromatic carbocycles. The molecule has 0 amide bonds. The first-order valence-corrected chi connectivity index (χ1v) is 10.4. The Bertz CT molecular complexity index is 798. The van der Waals surface area contributed by atoms with E-state index in [1.54, 1.807) is 14.2 Å². The molecule has 3 rings (SSSR count). The molecule has 0 aliphatic heterocycles. The molecule has 25 heavy (non-hydrogen) atoms. The lowest BCUT2D eigenvalue weighted by molar-refractivity contribution is 0.122. The molecule has 0 aromatic heterocycles. The fourth-order valence-electron chi connectivity index (χ4n) is 3.56. The van der Waals surface area contributed by atoms with E-state index in [2.05, 4.69) is 13.0 Å². The molecule has 2 unspecified atom stereocenters. The van der Waals surface area contributed by atoms with Crippen LogP contribution in [0.3, 0.4) is 0 Å². The summed E-state index contributed by atoms with van der Waals surface area (Å²) >= 11 is 0. The Morgan fingerprint density at radius 2 is 1.64 bits per heavy atom. The molecule has 0 radical (unpaired) electrons. The zero-order valence-electron chi connectivity index (χ0n) is 15.0. The van der Waals surface area contributed by atoms with Crippen LogP contribution in [0.1, 0.15) is 19.8 Å². The van der Waals surface area contributed by atoms with Gasteiger partial charge in [-0.3, -0.25) is 0 Å². The Hall–Kier alpha value is -1.83. The molecule has 3 nitrogen and oxygen atoms in total. The number of methoxy groups -OCH3 is 2. The van der Waals surface area contributed by atoms with Gasteiger partial charge in [0.15, 0.2) is 7.14 Å². The Morgan fingerprint density at radius 1 is 0.960 bits per heavy atom. The van der Waals surface area contributed by atoms with E-state index in [-0.39, 0.29) is 12.0 Å². The molecule has 3 atom stereocenters. The molecule has 4 heteroatoms. The smallest absolute Gasteiger partial charge is 0.170 e. The molecule has 132 valence electrons. The predicted molar refractivity (Wildman–Crippen MR) is 104 cm³/mol. The van der Waals surface area contributed by atoms with Gasteiger partial charge in [0.05, 0.1) is 18.5 Å². The third-order valence-corrected chi connectivity index (χ3v) is 8.35. The van der Waals surface area contributed by atoms with Gasteiger partial charge < -0.3 is 14.0 Å². The highest BCUT2D eigenvalue weighted by atomic mass is 31.2. The molecule has 0 fully saturated rings. The van der Waals surface area contributed by atoms with E-state index in [1.165, 1.54) is 0 Å². The normalized spacial score (nSPS) is 22.8. The lowest BCUT2D eigenvalue weighted by atomic mass is 9.95. The maximum Gasteiger partial charge on any atom is 0.170 e. The number of para-hydroxylation sites is 1. The van der Waals surface area contributed by atoms with Crippen LogP contribution in [0.15, 0.2) is 66.0 Å². The van der Waals surface area contributed by atoms with Gasteiger partial charge in [0.2, 0.25) is 0 Å². The summed E-state index contributed by atoms with van der Waals surface area (Å²) in [7, 11) is 0.339. The molecule has 1 aliphatic rings.